The van der Waals surface area contributed by atoms with Crippen LogP contribution in [0.4, 0.5) is 0 Å². The predicted octanol–water partition coefficient (Wildman–Crippen LogP) is 2.00. The van der Waals surface area contributed by atoms with Gasteiger partial charge in [-0.3, -0.25) is 4.90 Å². The van der Waals surface area contributed by atoms with Crippen molar-refractivity contribution in [3.63, 3.8) is 0 Å². The number of hydrogen-bond acceptors (Lipinski definition) is 2. The van der Waals surface area contributed by atoms with E-state index in [0.717, 1.165) is 18.0 Å². The maximum Gasteiger partial charge on any atom is 0.0207 e. The van der Waals surface area contributed by atoms with Crippen LogP contribution in [0.2, 0.25) is 0 Å². The number of nitrogens with zero attached hydrogens (tertiary/aromatic N) is 1. The molecule has 0 aromatic heterocycles. The Labute approximate surface area is 93.4 Å². The Hall–Kier alpha value is -0.0800. The van der Waals surface area contributed by atoms with Crippen molar-refractivity contribution >= 4 is 0 Å². The summed E-state index contributed by atoms with van der Waals surface area (Å²) in [5, 5.41) is 3.75. The summed E-state index contributed by atoms with van der Waals surface area (Å²) in [7, 11) is 0. The molecule has 1 aliphatic heterocycles. The molecule has 1 N–H and O–H groups in total. The van der Waals surface area contributed by atoms with E-state index in [0.29, 0.717) is 0 Å². The molecule has 0 amide bonds. The second kappa shape index (κ2) is 4.42. The van der Waals surface area contributed by atoms with E-state index >= 15 is 0 Å². The Bertz CT molecular complexity index is 209. The summed E-state index contributed by atoms with van der Waals surface area (Å²) in [4.78, 5) is 2.70. The fourth-order valence-corrected chi connectivity index (χ4v) is 3.00. The van der Waals surface area contributed by atoms with Gasteiger partial charge in [-0.25, -0.2) is 0 Å². The highest BCUT2D eigenvalue weighted by Gasteiger charge is 2.34. The summed E-state index contributed by atoms with van der Waals surface area (Å²) >= 11 is 0. The average Bonchev–Trinajstić information content (AvgIpc) is 2.91. The Morgan fingerprint density at radius 1 is 1.07 bits per heavy atom. The SMILES string of the molecule is C1CC(CCNC2CCN(C3CC3)C2)C1. The van der Waals surface area contributed by atoms with E-state index in [9.17, 15) is 0 Å². The summed E-state index contributed by atoms with van der Waals surface area (Å²) in [6, 6.07) is 1.79. The first kappa shape index (κ1) is 10.1. The largest absolute Gasteiger partial charge is 0.313 e. The molecule has 2 heteroatoms. The van der Waals surface area contributed by atoms with Crippen LogP contribution in [0.5, 0.6) is 0 Å². The molecule has 15 heavy (non-hydrogen) atoms. The van der Waals surface area contributed by atoms with Crippen molar-refractivity contribution in [2.75, 3.05) is 19.6 Å². The van der Waals surface area contributed by atoms with Gasteiger partial charge >= 0.3 is 0 Å². The Kier molecular flexibility index (Phi) is 2.98. The molecule has 3 rings (SSSR count). The molecule has 3 aliphatic rings. The fourth-order valence-electron chi connectivity index (χ4n) is 3.00. The van der Waals surface area contributed by atoms with Gasteiger partial charge in [0.1, 0.15) is 0 Å². The summed E-state index contributed by atoms with van der Waals surface area (Å²) in [6.45, 7) is 3.95. The van der Waals surface area contributed by atoms with Gasteiger partial charge in [0.25, 0.3) is 0 Å². The van der Waals surface area contributed by atoms with Crippen molar-refractivity contribution < 1.29 is 0 Å². The molecule has 86 valence electrons. The second-order valence-electron chi connectivity index (χ2n) is 5.75. The zero-order valence-electron chi connectivity index (χ0n) is 9.75. The number of nitrogens with one attached hydrogen (secondary N) is 1. The quantitative estimate of drug-likeness (QED) is 0.743. The maximum atomic E-state index is 3.75. The molecule has 0 aromatic carbocycles. The van der Waals surface area contributed by atoms with E-state index < -0.39 is 0 Å². The van der Waals surface area contributed by atoms with Crippen molar-refractivity contribution in [1.82, 2.24) is 10.2 Å². The van der Waals surface area contributed by atoms with Crippen LogP contribution >= 0.6 is 0 Å². The molecule has 1 unspecified atom stereocenters. The van der Waals surface area contributed by atoms with E-state index in [2.05, 4.69) is 10.2 Å². The van der Waals surface area contributed by atoms with Gasteiger partial charge in [-0.1, -0.05) is 19.3 Å². The van der Waals surface area contributed by atoms with Crippen LogP contribution in [0.25, 0.3) is 0 Å². The van der Waals surface area contributed by atoms with Crippen molar-refractivity contribution in [3.8, 4) is 0 Å². The standard InChI is InChI=1S/C13H24N2/c1-2-11(3-1)6-8-14-12-7-9-15(10-12)13-4-5-13/h11-14H,1-10H2. The predicted molar refractivity (Wildman–Crippen MR) is 63.0 cm³/mol. The highest BCUT2D eigenvalue weighted by molar-refractivity contribution is 4.91. The van der Waals surface area contributed by atoms with Crippen LogP contribution in [0, 0.1) is 5.92 Å². The first-order valence-corrected chi connectivity index (χ1v) is 6.89. The summed E-state index contributed by atoms with van der Waals surface area (Å²) in [5.74, 6) is 1.07. The summed E-state index contributed by atoms with van der Waals surface area (Å²) < 4.78 is 0. The third-order valence-electron chi connectivity index (χ3n) is 4.49. The lowest BCUT2D eigenvalue weighted by molar-refractivity contribution is 0.282. The lowest BCUT2D eigenvalue weighted by atomic mass is 9.83. The van der Waals surface area contributed by atoms with Gasteiger partial charge in [0, 0.05) is 25.2 Å². The van der Waals surface area contributed by atoms with Crippen molar-refractivity contribution in [2.24, 2.45) is 5.92 Å². The van der Waals surface area contributed by atoms with Gasteiger partial charge in [-0.15, -0.1) is 0 Å². The monoisotopic (exact) mass is 208 g/mol. The second-order valence-corrected chi connectivity index (χ2v) is 5.75. The minimum Gasteiger partial charge on any atom is -0.313 e. The smallest absolute Gasteiger partial charge is 0.0207 e. The summed E-state index contributed by atoms with van der Waals surface area (Å²) in [6.07, 6.45) is 10.2. The fraction of sp³-hybridized carbons (Fsp3) is 1.00. The molecule has 2 saturated carbocycles. The van der Waals surface area contributed by atoms with Gasteiger partial charge in [0.15, 0.2) is 0 Å². The Morgan fingerprint density at radius 2 is 1.93 bits per heavy atom. The molecule has 0 bridgehead atoms. The van der Waals surface area contributed by atoms with Gasteiger partial charge in [-0.2, -0.15) is 0 Å². The van der Waals surface area contributed by atoms with Crippen LogP contribution in [0.1, 0.15) is 44.9 Å². The van der Waals surface area contributed by atoms with Crippen molar-refractivity contribution in [2.45, 2.75) is 57.0 Å². The molecule has 1 heterocycles. The minimum absolute atomic E-state index is 0.811. The Morgan fingerprint density at radius 3 is 2.60 bits per heavy atom. The van der Waals surface area contributed by atoms with Crippen LogP contribution in [-0.4, -0.2) is 36.6 Å². The van der Waals surface area contributed by atoms with Crippen LogP contribution < -0.4 is 5.32 Å². The van der Waals surface area contributed by atoms with Crippen LogP contribution in [0.15, 0.2) is 0 Å². The molecule has 1 saturated heterocycles. The third-order valence-corrected chi connectivity index (χ3v) is 4.49. The van der Waals surface area contributed by atoms with Gasteiger partial charge in [0.2, 0.25) is 0 Å². The van der Waals surface area contributed by atoms with E-state index in [1.807, 2.05) is 0 Å². The van der Waals surface area contributed by atoms with E-state index in [-0.39, 0.29) is 0 Å². The molecular formula is C13H24N2. The van der Waals surface area contributed by atoms with Crippen molar-refractivity contribution in [1.29, 1.82) is 0 Å². The molecule has 0 aromatic rings. The molecule has 0 radical (unpaired) electrons. The molecule has 1 atom stereocenters. The van der Waals surface area contributed by atoms with E-state index in [4.69, 9.17) is 0 Å². The minimum atomic E-state index is 0.811. The highest BCUT2D eigenvalue weighted by Crippen LogP contribution is 2.30. The third kappa shape index (κ3) is 2.54. The lowest BCUT2D eigenvalue weighted by Gasteiger charge is -2.26. The average molecular weight is 208 g/mol. The topological polar surface area (TPSA) is 15.3 Å². The van der Waals surface area contributed by atoms with E-state index in [1.54, 1.807) is 0 Å². The van der Waals surface area contributed by atoms with E-state index in [1.165, 1.54) is 64.6 Å². The molecule has 2 nitrogen and oxygen atoms in total. The molecule has 2 aliphatic carbocycles. The molecule has 0 spiro atoms. The van der Waals surface area contributed by atoms with Gasteiger partial charge in [-0.05, 0) is 38.1 Å². The number of hydrogen-bond donors (Lipinski definition) is 1. The highest BCUT2D eigenvalue weighted by atomic mass is 15.2. The first-order chi connectivity index (χ1) is 7.42. The summed E-state index contributed by atoms with van der Waals surface area (Å²) in [5.41, 5.74) is 0. The van der Waals surface area contributed by atoms with Gasteiger partial charge < -0.3 is 5.32 Å². The molecular weight excluding hydrogens is 184 g/mol. The van der Waals surface area contributed by atoms with Crippen LogP contribution in [0.3, 0.4) is 0 Å². The van der Waals surface area contributed by atoms with Crippen LogP contribution in [-0.2, 0) is 0 Å². The normalized spacial score (nSPS) is 33.2. The molecule has 3 fully saturated rings. The maximum absolute atomic E-state index is 3.75. The first-order valence-electron chi connectivity index (χ1n) is 6.89. The Balaban J connectivity index is 1.30. The zero-order chi connectivity index (χ0) is 10.1. The van der Waals surface area contributed by atoms with Crippen molar-refractivity contribution in [3.05, 3.63) is 0 Å². The zero-order valence-corrected chi connectivity index (χ0v) is 9.75. The lowest BCUT2D eigenvalue weighted by Crippen LogP contribution is -2.34. The number of likely N-dealkylation sites (tertiary alicyclic amines) is 1. The van der Waals surface area contributed by atoms with Gasteiger partial charge in [0.05, 0.1) is 0 Å². The number of rotatable bonds is 5.